The molecule has 5 heteroatoms. The first-order valence-electron chi connectivity index (χ1n) is 3.09. The van der Waals surface area contributed by atoms with Crippen molar-refractivity contribution in [2.45, 2.75) is 9.06 Å². The topological polar surface area (TPSA) is 26.0 Å². The molecule has 1 rings (SSSR count). The summed E-state index contributed by atoms with van der Waals surface area (Å²) in [6, 6.07) is 6.27. The summed E-state index contributed by atoms with van der Waals surface area (Å²) in [5.74, 6) is 0. The Bertz CT molecular complexity index is 257. The van der Waals surface area contributed by atoms with Crippen molar-refractivity contribution in [1.82, 2.24) is 0 Å². The molecule has 66 valence electrons. The van der Waals surface area contributed by atoms with Gasteiger partial charge in [-0.15, -0.1) is 0 Å². The van der Waals surface area contributed by atoms with Crippen molar-refractivity contribution >= 4 is 33.4 Å². The van der Waals surface area contributed by atoms with Gasteiger partial charge in [0.15, 0.2) is 0 Å². The summed E-state index contributed by atoms with van der Waals surface area (Å²) in [5, 5.41) is 0. The minimum Gasteiger partial charge on any atom is -0.399 e. The van der Waals surface area contributed by atoms with Crippen LogP contribution in [0.3, 0.4) is 0 Å². The Kier molecular flexibility index (Phi) is 2.95. The summed E-state index contributed by atoms with van der Waals surface area (Å²) >= 11 is 2.67. The Labute approximate surface area is 81.5 Å². The SMILES string of the molecule is Nc1ccc(SC(F)(F)Br)cc1. The lowest BCUT2D eigenvalue weighted by atomic mass is 10.3. The molecule has 0 aliphatic rings. The van der Waals surface area contributed by atoms with Crippen LogP contribution < -0.4 is 5.73 Å². The normalized spacial score (nSPS) is 11.6. The second-order valence-electron chi connectivity index (χ2n) is 2.12. The minimum atomic E-state index is -2.91. The minimum absolute atomic E-state index is 0.437. The highest BCUT2D eigenvalue weighted by Crippen LogP contribution is 2.40. The largest absolute Gasteiger partial charge is 0.399 e. The molecule has 0 radical (unpaired) electrons. The van der Waals surface area contributed by atoms with Gasteiger partial charge in [-0.2, -0.15) is 8.78 Å². The highest BCUT2D eigenvalue weighted by atomic mass is 79.9. The number of rotatable bonds is 2. The molecule has 0 bridgehead atoms. The second-order valence-corrected chi connectivity index (χ2v) is 4.83. The van der Waals surface area contributed by atoms with Crippen LogP contribution in [-0.2, 0) is 0 Å². The average molecular weight is 254 g/mol. The number of nitrogens with two attached hydrogens (primary N) is 1. The summed E-state index contributed by atoms with van der Waals surface area (Å²) in [6.07, 6.45) is 0. The van der Waals surface area contributed by atoms with Gasteiger partial charge in [-0.25, -0.2) is 0 Å². The first kappa shape index (κ1) is 9.80. The van der Waals surface area contributed by atoms with Crippen molar-refractivity contribution in [3.05, 3.63) is 24.3 Å². The Morgan fingerprint density at radius 3 is 2.17 bits per heavy atom. The molecule has 1 aromatic carbocycles. The van der Waals surface area contributed by atoms with Crippen molar-refractivity contribution in [3.8, 4) is 0 Å². The van der Waals surface area contributed by atoms with E-state index in [1.165, 1.54) is 0 Å². The lowest BCUT2D eigenvalue weighted by molar-refractivity contribution is 0.221. The molecule has 0 aliphatic carbocycles. The van der Waals surface area contributed by atoms with E-state index in [4.69, 9.17) is 5.73 Å². The number of thioether (sulfide) groups is 1. The van der Waals surface area contributed by atoms with Gasteiger partial charge in [0.25, 0.3) is 0 Å². The van der Waals surface area contributed by atoms with Gasteiger partial charge in [-0.1, -0.05) is 0 Å². The van der Waals surface area contributed by atoms with E-state index in [0.717, 1.165) is 0 Å². The zero-order valence-corrected chi connectivity index (χ0v) is 8.33. The second kappa shape index (κ2) is 3.62. The van der Waals surface area contributed by atoms with E-state index in [2.05, 4.69) is 15.9 Å². The molecule has 0 spiro atoms. The van der Waals surface area contributed by atoms with Crippen LogP contribution in [0.15, 0.2) is 29.2 Å². The molecule has 1 nitrogen and oxygen atoms in total. The maximum Gasteiger partial charge on any atom is 0.353 e. The fraction of sp³-hybridized carbons (Fsp3) is 0.143. The quantitative estimate of drug-likeness (QED) is 0.497. The zero-order chi connectivity index (χ0) is 9.19. The van der Waals surface area contributed by atoms with Crippen molar-refractivity contribution in [2.75, 3.05) is 5.73 Å². The number of benzene rings is 1. The van der Waals surface area contributed by atoms with Gasteiger partial charge in [0.05, 0.1) is 0 Å². The van der Waals surface area contributed by atoms with Crippen molar-refractivity contribution in [3.63, 3.8) is 0 Å². The third kappa shape index (κ3) is 3.40. The van der Waals surface area contributed by atoms with Crippen LogP contribution in [0, 0.1) is 0 Å². The third-order valence-corrected chi connectivity index (χ3v) is 2.34. The summed E-state index contributed by atoms with van der Waals surface area (Å²) < 4.78 is 21.8. The van der Waals surface area contributed by atoms with Crippen LogP contribution in [0.4, 0.5) is 14.5 Å². The van der Waals surface area contributed by atoms with Crippen LogP contribution in [0.25, 0.3) is 0 Å². The zero-order valence-electron chi connectivity index (χ0n) is 5.93. The molecule has 0 aromatic heterocycles. The van der Waals surface area contributed by atoms with Crippen LogP contribution in [0.2, 0.25) is 0 Å². The Hall–Kier alpha value is -0.290. The molecule has 1 aromatic rings. The van der Waals surface area contributed by atoms with Crippen LogP contribution in [0.1, 0.15) is 0 Å². The van der Waals surface area contributed by atoms with E-state index in [0.29, 0.717) is 22.3 Å². The average Bonchev–Trinajstić information content (AvgIpc) is 1.91. The Balaban J connectivity index is 2.71. The van der Waals surface area contributed by atoms with E-state index in [1.807, 2.05) is 0 Å². The van der Waals surface area contributed by atoms with Gasteiger partial charge >= 0.3 is 4.16 Å². The fourth-order valence-corrected chi connectivity index (χ4v) is 1.77. The van der Waals surface area contributed by atoms with Crippen LogP contribution in [-0.4, -0.2) is 4.16 Å². The molecule has 0 saturated heterocycles. The number of hydrogen-bond donors (Lipinski definition) is 1. The maximum atomic E-state index is 12.4. The van der Waals surface area contributed by atoms with Crippen molar-refractivity contribution in [2.24, 2.45) is 0 Å². The molecule has 0 heterocycles. The van der Waals surface area contributed by atoms with E-state index >= 15 is 0 Å². The molecular weight excluding hydrogens is 248 g/mol. The van der Waals surface area contributed by atoms with Crippen LogP contribution >= 0.6 is 27.7 Å². The molecule has 12 heavy (non-hydrogen) atoms. The fourth-order valence-electron chi connectivity index (χ4n) is 0.669. The molecule has 0 saturated carbocycles. The molecule has 0 amide bonds. The first-order chi connectivity index (χ1) is 5.47. The third-order valence-electron chi connectivity index (χ3n) is 1.11. The van der Waals surface area contributed by atoms with Gasteiger partial charge in [0.2, 0.25) is 0 Å². The smallest absolute Gasteiger partial charge is 0.353 e. The molecule has 0 unspecified atom stereocenters. The summed E-state index contributed by atoms with van der Waals surface area (Å²) in [7, 11) is 0. The number of nitrogen functional groups attached to an aromatic ring is 1. The molecule has 0 atom stereocenters. The predicted octanol–water partition coefficient (Wildman–Crippen LogP) is 3.31. The monoisotopic (exact) mass is 253 g/mol. The number of anilines is 1. The van der Waals surface area contributed by atoms with Gasteiger partial charge in [-0.3, -0.25) is 0 Å². The van der Waals surface area contributed by atoms with E-state index < -0.39 is 4.16 Å². The van der Waals surface area contributed by atoms with Gasteiger partial charge in [0.1, 0.15) is 0 Å². The van der Waals surface area contributed by atoms with Gasteiger partial charge in [0, 0.05) is 26.5 Å². The number of halogens is 3. The van der Waals surface area contributed by atoms with Crippen molar-refractivity contribution in [1.29, 1.82) is 0 Å². The van der Waals surface area contributed by atoms with Gasteiger partial charge < -0.3 is 5.73 Å². The van der Waals surface area contributed by atoms with Gasteiger partial charge in [-0.05, 0) is 36.0 Å². The summed E-state index contributed by atoms with van der Waals surface area (Å²) in [5.41, 5.74) is 5.95. The van der Waals surface area contributed by atoms with E-state index in [1.54, 1.807) is 24.3 Å². The Morgan fingerprint density at radius 1 is 1.25 bits per heavy atom. The van der Waals surface area contributed by atoms with Crippen molar-refractivity contribution < 1.29 is 8.78 Å². The number of alkyl halides is 3. The Morgan fingerprint density at radius 2 is 1.75 bits per heavy atom. The first-order valence-corrected chi connectivity index (χ1v) is 4.69. The lowest BCUT2D eigenvalue weighted by Gasteiger charge is -2.06. The number of hydrogen-bond acceptors (Lipinski definition) is 2. The lowest BCUT2D eigenvalue weighted by Crippen LogP contribution is -1.95. The summed E-state index contributed by atoms with van der Waals surface area (Å²) in [6.45, 7) is 0. The molecule has 0 fully saturated rings. The summed E-state index contributed by atoms with van der Waals surface area (Å²) in [4.78, 5) is 0.478. The predicted molar refractivity (Wildman–Crippen MR) is 50.6 cm³/mol. The highest BCUT2D eigenvalue weighted by molar-refractivity contribution is 9.11. The van der Waals surface area contributed by atoms with E-state index in [-0.39, 0.29) is 0 Å². The molecule has 0 aliphatic heterocycles. The standard InChI is InChI=1S/C7H6BrF2NS/c8-7(9,10)12-6-3-1-5(11)2-4-6/h1-4H,11H2. The maximum absolute atomic E-state index is 12.4. The van der Waals surface area contributed by atoms with Crippen LogP contribution in [0.5, 0.6) is 0 Å². The highest BCUT2D eigenvalue weighted by Gasteiger charge is 2.25. The van der Waals surface area contributed by atoms with E-state index in [9.17, 15) is 8.78 Å². The molecule has 2 N–H and O–H groups in total. The molecular formula is C7H6BrF2NS.